The monoisotopic (exact) mass is 397 g/mol. The number of rotatable bonds is 5. The van der Waals surface area contributed by atoms with Gasteiger partial charge in [-0.15, -0.1) is 0 Å². The highest BCUT2D eigenvalue weighted by Gasteiger charge is 2.21. The van der Waals surface area contributed by atoms with Crippen LogP contribution < -0.4 is 4.72 Å². The minimum absolute atomic E-state index is 0.0127. The van der Waals surface area contributed by atoms with Crippen LogP contribution in [-0.2, 0) is 24.2 Å². The van der Waals surface area contributed by atoms with E-state index in [2.05, 4.69) is 9.46 Å². The van der Waals surface area contributed by atoms with E-state index in [0.29, 0.717) is 24.5 Å². The molecule has 9 heteroatoms. The normalized spacial score (nSPS) is 15.0. The Morgan fingerprint density at radius 2 is 1.92 bits per heavy atom. The molecule has 0 bridgehead atoms. The molecule has 0 aromatic heterocycles. The number of sulfonamides is 1. The SMILES string of the molecule is COC(=O)c1ccc(S(=O)(=O)Nc2cccc(C3OCCO3)c2)cc1Cl. The van der Waals surface area contributed by atoms with Gasteiger partial charge in [-0.05, 0) is 30.3 Å². The average molecular weight is 398 g/mol. The number of carbonyl (C=O) groups is 1. The van der Waals surface area contributed by atoms with Gasteiger partial charge in [-0.3, -0.25) is 4.72 Å². The highest BCUT2D eigenvalue weighted by molar-refractivity contribution is 7.92. The first-order chi connectivity index (χ1) is 12.4. The third kappa shape index (κ3) is 3.99. The summed E-state index contributed by atoms with van der Waals surface area (Å²) in [6.07, 6.45) is -0.506. The summed E-state index contributed by atoms with van der Waals surface area (Å²) >= 11 is 6.00. The molecule has 0 radical (unpaired) electrons. The average Bonchev–Trinajstić information content (AvgIpc) is 3.15. The van der Waals surface area contributed by atoms with Gasteiger partial charge in [0.05, 0.1) is 35.8 Å². The van der Waals surface area contributed by atoms with Crippen molar-refractivity contribution in [3.05, 3.63) is 58.6 Å². The number of nitrogens with one attached hydrogen (secondary N) is 1. The van der Waals surface area contributed by atoms with Crippen molar-refractivity contribution >= 4 is 33.3 Å². The Kier molecular flexibility index (Phi) is 5.47. The molecule has 0 saturated carbocycles. The topological polar surface area (TPSA) is 90.9 Å². The zero-order valence-electron chi connectivity index (χ0n) is 13.8. The van der Waals surface area contributed by atoms with E-state index in [1.807, 2.05) is 0 Å². The van der Waals surface area contributed by atoms with Gasteiger partial charge in [-0.1, -0.05) is 23.7 Å². The fourth-order valence-corrected chi connectivity index (χ4v) is 3.85. The molecule has 1 N–H and O–H groups in total. The Morgan fingerprint density at radius 1 is 1.19 bits per heavy atom. The van der Waals surface area contributed by atoms with Crippen molar-refractivity contribution in [1.29, 1.82) is 0 Å². The molecule has 1 saturated heterocycles. The standard InChI is InChI=1S/C17H16ClNO6S/c1-23-16(20)14-6-5-13(10-15(14)18)26(21,22)19-12-4-2-3-11(9-12)17-24-7-8-25-17/h2-6,9-10,17,19H,7-8H2,1H3. The van der Waals surface area contributed by atoms with Gasteiger partial charge in [0.25, 0.3) is 10.0 Å². The van der Waals surface area contributed by atoms with Crippen LogP contribution >= 0.6 is 11.6 Å². The number of hydrogen-bond acceptors (Lipinski definition) is 6. The van der Waals surface area contributed by atoms with Gasteiger partial charge in [-0.2, -0.15) is 0 Å². The summed E-state index contributed by atoms with van der Waals surface area (Å²) < 4.78 is 43.1. The molecular weight excluding hydrogens is 382 g/mol. The lowest BCUT2D eigenvalue weighted by Crippen LogP contribution is -2.14. The molecule has 1 aliphatic rings. The summed E-state index contributed by atoms with van der Waals surface area (Å²) in [5.41, 5.74) is 1.15. The number of ether oxygens (including phenoxy) is 3. The van der Waals surface area contributed by atoms with Crippen LogP contribution in [0.5, 0.6) is 0 Å². The highest BCUT2D eigenvalue weighted by Crippen LogP contribution is 2.27. The van der Waals surface area contributed by atoms with Crippen LogP contribution in [0.15, 0.2) is 47.4 Å². The van der Waals surface area contributed by atoms with Gasteiger partial charge >= 0.3 is 5.97 Å². The van der Waals surface area contributed by atoms with Crippen LogP contribution in [0.3, 0.4) is 0 Å². The summed E-state index contributed by atoms with van der Waals surface area (Å²) in [6, 6.07) is 10.5. The molecule has 2 aromatic carbocycles. The number of halogens is 1. The first-order valence-electron chi connectivity index (χ1n) is 7.64. The Labute approximate surface area is 155 Å². The van der Waals surface area contributed by atoms with Crippen LogP contribution in [0.4, 0.5) is 5.69 Å². The third-order valence-electron chi connectivity index (χ3n) is 3.69. The number of methoxy groups -OCH3 is 1. The van der Waals surface area contributed by atoms with E-state index in [0.717, 1.165) is 0 Å². The van der Waals surface area contributed by atoms with Crippen molar-refractivity contribution in [2.45, 2.75) is 11.2 Å². The first kappa shape index (κ1) is 18.7. The molecule has 0 unspecified atom stereocenters. The van der Waals surface area contributed by atoms with Crippen LogP contribution in [0.25, 0.3) is 0 Å². The fourth-order valence-electron chi connectivity index (χ4n) is 2.45. The predicted octanol–water partition coefficient (Wildman–Crippen LogP) is 2.97. The van der Waals surface area contributed by atoms with Gasteiger partial charge in [0.2, 0.25) is 0 Å². The Balaban J connectivity index is 1.84. The van der Waals surface area contributed by atoms with Crippen molar-refractivity contribution < 1.29 is 27.4 Å². The maximum atomic E-state index is 12.6. The minimum Gasteiger partial charge on any atom is -0.465 e. The lowest BCUT2D eigenvalue weighted by Gasteiger charge is -2.13. The Hall–Kier alpha value is -2.13. The van der Waals surface area contributed by atoms with Gasteiger partial charge < -0.3 is 14.2 Å². The van der Waals surface area contributed by atoms with E-state index in [1.54, 1.807) is 24.3 Å². The Bertz CT molecular complexity index is 925. The molecule has 3 rings (SSSR count). The summed E-state index contributed by atoms with van der Waals surface area (Å²) in [4.78, 5) is 11.5. The smallest absolute Gasteiger partial charge is 0.339 e. The van der Waals surface area contributed by atoms with E-state index < -0.39 is 22.3 Å². The summed E-state index contributed by atoms with van der Waals surface area (Å²) in [7, 11) is -2.68. The molecule has 1 heterocycles. The number of esters is 1. The quantitative estimate of drug-likeness (QED) is 0.780. The van der Waals surface area contributed by atoms with Gasteiger partial charge in [0, 0.05) is 11.3 Å². The van der Waals surface area contributed by atoms with E-state index in [-0.39, 0.29) is 15.5 Å². The lowest BCUT2D eigenvalue weighted by molar-refractivity contribution is -0.0440. The number of hydrogen-bond donors (Lipinski definition) is 1. The molecule has 138 valence electrons. The highest BCUT2D eigenvalue weighted by atomic mass is 35.5. The van der Waals surface area contributed by atoms with E-state index in [1.165, 1.54) is 25.3 Å². The van der Waals surface area contributed by atoms with Crippen molar-refractivity contribution in [2.75, 3.05) is 25.0 Å². The number of carbonyl (C=O) groups excluding carboxylic acids is 1. The zero-order chi connectivity index (χ0) is 18.7. The Morgan fingerprint density at radius 3 is 2.58 bits per heavy atom. The van der Waals surface area contributed by atoms with Crippen molar-refractivity contribution in [3.63, 3.8) is 0 Å². The second-order valence-corrected chi connectivity index (χ2v) is 7.53. The van der Waals surface area contributed by atoms with E-state index in [9.17, 15) is 13.2 Å². The van der Waals surface area contributed by atoms with Gasteiger partial charge in [0.15, 0.2) is 6.29 Å². The number of benzene rings is 2. The molecule has 0 amide bonds. The third-order valence-corrected chi connectivity index (χ3v) is 5.38. The molecule has 0 aliphatic carbocycles. The fraction of sp³-hybridized carbons (Fsp3) is 0.235. The molecular formula is C17H16ClNO6S. The summed E-state index contributed by atoms with van der Waals surface area (Å²) in [5, 5.41) is -0.0127. The molecule has 26 heavy (non-hydrogen) atoms. The summed E-state index contributed by atoms with van der Waals surface area (Å²) in [5.74, 6) is -0.642. The van der Waals surface area contributed by atoms with Crippen LogP contribution in [0, 0.1) is 0 Å². The van der Waals surface area contributed by atoms with E-state index >= 15 is 0 Å². The molecule has 0 spiro atoms. The zero-order valence-corrected chi connectivity index (χ0v) is 15.3. The largest absolute Gasteiger partial charge is 0.465 e. The van der Waals surface area contributed by atoms with Crippen molar-refractivity contribution in [1.82, 2.24) is 0 Å². The first-order valence-corrected chi connectivity index (χ1v) is 9.51. The molecule has 7 nitrogen and oxygen atoms in total. The van der Waals surface area contributed by atoms with Gasteiger partial charge in [-0.25, -0.2) is 13.2 Å². The van der Waals surface area contributed by atoms with Crippen molar-refractivity contribution in [3.8, 4) is 0 Å². The molecule has 0 atom stereocenters. The maximum absolute atomic E-state index is 12.6. The minimum atomic E-state index is -3.89. The molecule has 2 aromatic rings. The van der Waals surface area contributed by atoms with E-state index in [4.69, 9.17) is 21.1 Å². The van der Waals surface area contributed by atoms with Crippen LogP contribution in [0.1, 0.15) is 22.2 Å². The predicted molar refractivity (Wildman–Crippen MR) is 94.7 cm³/mol. The molecule has 1 fully saturated rings. The number of anilines is 1. The van der Waals surface area contributed by atoms with Crippen LogP contribution in [0.2, 0.25) is 5.02 Å². The van der Waals surface area contributed by atoms with Gasteiger partial charge in [0.1, 0.15) is 0 Å². The van der Waals surface area contributed by atoms with Crippen molar-refractivity contribution in [2.24, 2.45) is 0 Å². The van der Waals surface area contributed by atoms with Crippen LogP contribution in [-0.4, -0.2) is 34.7 Å². The second kappa shape index (κ2) is 7.63. The maximum Gasteiger partial charge on any atom is 0.339 e. The molecule has 1 aliphatic heterocycles. The second-order valence-electron chi connectivity index (χ2n) is 5.44. The summed E-state index contributed by atoms with van der Waals surface area (Å²) in [6.45, 7) is 0.983. The lowest BCUT2D eigenvalue weighted by atomic mass is 10.2.